The number of methoxy groups -OCH3 is 2. The number of ether oxygens (including phenoxy) is 4. The number of nitrogens with one attached hydrogen (secondary N) is 1. The molecule has 2 aliphatic rings. The largest absolute Gasteiger partial charge is 0.497 e. The van der Waals surface area contributed by atoms with E-state index in [0.717, 1.165) is 53.4 Å². The van der Waals surface area contributed by atoms with Crippen LogP contribution in [0.15, 0.2) is 71.6 Å². The van der Waals surface area contributed by atoms with Crippen LogP contribution in [0.1, 0.15) is 48.8 Å². The zero-order valence-corrected chi connectivity index (χ0v) is 27.1. The fourth-order valence-corrected chi connectivity index (χ4v) is 8.34. The van der Waals surface area contributed by atoms with Crippen LogP contribution in [0.3, 0.4) is 0 Å². The van der Waals surface area contributed by atoms with Gasteiger partial charge in [-0.25, -0.2) is 8.42 Å². The third-order valence-corrected chi connectivity index (χ3v) is 11.2. The lowest BCUT2D eigenvalue weighted by Crippen LogP contribution is -2.60. The quantitative estimate of drug-likeness (QED) is 0.244. The molecule has 0 bridgehead atoms. The molecule has 3 aromatic carbocycles. The van der Waals surface area contributed by atoms with Crippen molar-refractivity contribution >= 4 is 15.5 Å². The first-order valence-electron chi connectivity index (χ1n) is 15.4. The van der Waals surface area contributed by atoms with Gasteiger partial charge in [-0.05, 0) is 80.1 Å². The van der Waals surface area contributed by atoms with E-state index in [1.54, 1.807) is 26.4 Å². The summed E-state index contributed by atoms with van der Waals surface area (Å²) in [7, 11) is -0.354. The Morgan fingerprint density at radius 2 is 1.84 bits per heavy atom. The van der Waals surface area contributed by atoms with Gasteiger partial charge in [0.1, 0.15) is 23.0 Å². The molecule has 9 heteroatoms. The Morgan fingerprint density at radius 1 is 1.07 bits per heavy atom. The molecule has 0 spiro atoms. The smallest absolute Gasteiger partial charge is 0.197 e. The summed E-state index contributed by atoms with van der Waals surface area (Å²) in [4.78, 5) is 1.51. The summed E-state index contributed by atoms with van der Waals surface area (Å²) in [6.07, 6.45) is 3.39. The fraction of sp³-hybridized carbons (Fsp3) is 0.457. The molecule has 1 saturated heterocycles. The van der Waals surface area contributed by atoms with E-state index in [1.165, 1.54) is 0 Å². The highest BCUT2D eigenvalue weighted by atomic mass is 32.2. The minimum absolute atomic E-state index is 0.158. The number of nitrogens with zero attached hydrogens (tertiary/aromatic N) is 1. The van der Waals surface area contributed by atoms with Gasteiger partial charge in [-0.3, -0.25) is 5.32 Å². The number of hydrogen-bond acceptors (Lipinski definition) is 8. The van der Waals surface area contributed by atoms with Crippen LogP contribution in [-0.4, -0.2) is 66.5 Å². The second-order valence-corrected chi connectivity index (χ2v) is 14.0. The molecule has 2 aliphatic heterocycles. The maximum atomic E-state index is 14.3. The Hall–Kier alpha value is -3.11. The Morgan fingerprint density at radius 3 is 2.55 bits per heavy atom. The minimum Gasteiger partial charge on any atom is -0.497 e. The summed E-state index contributed by atoms with van der Waals surface area (Å²) in [5.74, 6) is 1.48. The lowest BCUT2D eigenvalue weighted by atomic mass is 9.82. The maximum absolute atomic E-state index is 14.3. The van der Waals surface area contributed by atoms with Crippen LogP contribution in [0.2, 0.25) is 0 Å². The molecular weight excluding hydrogens is 576 g/mol. The topological polar surface area (TPSA) is 86.3 Å². The second-order valence-electron chi connectivity index (χ2n) is 11.7. The van der Waals surface area contributed by atoms with E-state index in [1.807, 2.05) is 68.8 Å². The van der Waals surface area contributed by atoms with Crippen LogP contribution < -0.4 is 19.7 Å². The lowest BCUT2D eigenvalue weighted by molar-refractivity contribution is -0.00154. The van der Waals surface area contributed by atoms with Crippen molar-refractivity contribution in [3.63, 3.8) is 0 Å². The molecule has 3 aromatic rings. The number of sulfone groups is 1. The summed E-state index contributed by atoms with van der Waals surface area (Å²) in [6, 6.07) is 21.3. The molecule has 0 saturated carbocycles. The molecule has 0 aliphatic carbocycles. The van der Waals surface area contributed by atoms with Crippen LogP contribution in [-0.2, 0) is 25.9 Å². The normalized spacial score (nSPS) is 21.9. The van der Waals surface area contributed by atoms with Gasteiger partial charge in [-0.1, -0.05) is 42.8 Å². The molecular formula is C35H45N2O6S. The predicted octanol–water partition coefficient (Wildman–Crippen LogP) is 5.69. The molecule has 44 heavy (non-hydrogen) atoms. The minimum atomic E-state index is -3.72. The summed E-state index contributed by atoms with van der Waals surface area (Å²) < 4.78 is 51.8. The Labute approximate surface area is 262 Å². The number of hydrogen-bond donors (Lipinski definition) is 1. The number of aryl methyl sites for hydroxylation is 1. The predicted molar refractivity (Wildman–Crippen MR) is 173 cm³/mol. The molecule has 0 unspecified atom stereocenters. The van der Waals surface area contributed by atoms with Gasteiger partial charge in [0.15, 0.2) is 9.84 Å². The molecule has 237 valence electrons. The van der Waals surface area contributed by atoms with Crippen molar-refractivity contribution in [3.05, 3.63) is 89.8 Å². The van der Waals surface area contributed by atoms with Gasteiger partial charge in [0.2, 0.25) is 0 Å². The third-order valence-electron chi connectivity index (χ3n) is 8.77. The Kier molecular flexibility index (Phi) is 10.5. The highest BCUT2D eigenvalue weighted by molar-refractivity contribution is 7.92. The van der Waals surface area contributed by atoms with E-state index in [9.17, 15) is 8.42 Å². The zero-order valence-electron chi connectivity index (χ0n) is 26.3. The first-order chi connectivity index (χ1) is 21.3. The number of anilines is 1. The SMILES string of the molecule is C[CH]C[C@@]1(S(=O)(=O)c2ccc(C)cc2)C[C@H](c2ccc(OC)cc2)[C@@H](OCc2ccc3c(c2)N(CCCOC)CCO3)CN1. The monoisotopic (exact) mass is 621 g/mol. The number of fused-ring (bicyclic) bond motifs is 1. The van der Waals surface area contributed by atoms with Crippen molar-refractivity contribution in [2.75, 3.05) is 52.0 Å². The summed E-state index contributed by atoms with van der Waals surface area (Å²) in [6.45, 7) is 7.77. The van der Waals surface area contributed by atoms with Crippen LogP contribution >= 0.6 is 0 Å². The van der Waals surface area contributed by atoms with Crippen LogP contribution in [0.5, 0.6) is 11.5 Å². The van der Waals surface area contributed by atoms with Gasteiger partial charge in [0.25, 0.3) is 0 Å². The van der Waals surface area contributed by atoms with Gasteiger partial charge < -0.3 is 23.8 Å². The third kappa shape index (κ3) is 6.91. The Bertz CT molecular complexity index is 1480. The zero-order chi connectivity index (χ0) is 31.2. The van der Waals surface area contributed by atoms with E-state index in [2.05, 4.69) is 16.3 Å². The van der Waals surface area contributed by atoms with Gasteiger partial charge in [-0.15, -0.1) is 0 Å². The van der Waals surface area contributed by atoms with Gasteiger partial charge in [0.05, 0.1) is 36.9 Å². The van der Waals surface area contributed by atoms with E-state index >= 15 is 0 Å². The van der Waals surface area contributed by atoms with Gasteiger partial charge in [0, 0.05) is 32.7 Å². The molecule has 1 radical (unpaired) electrons. The molecule has 5 rings (SSSR count). The van der Waals surface area contributed by atoms with E-state index in [-0.39, 0.29) is 12.0 Å². The highest BCUT2D eigenvalue weighted by Crippen LogP contribution is 2.43. The van der Waals surface area contributed by atoms with Crippen LogP contribution in [0.25, 0.3) is 0 Å². The summed E-state index contributed by atoms with van der Waals surface area (Å²) >= 11 is 0. The van der Waals surface area contributed by atoms with Gasteiger partial charge >= 0.3 is 0 Å². The Balaban J connectivity index is 1.41. The maximum Gasteiger partial charge on any atom is 0.197 e. The van der Waals surface area contributed by atoms with Crippen molar-refractivity contribution in [2.24, 2.45) is 0 Å². The first kappa shape index (κ1) is 32.3. The average Bonchev–Trinajstić information content (AvgIpc) is 3.04. The van der Waals surface area contributed by atoms with Crippen LogP contribution in [0.4, 0.5) is 5.69 Å². The van der Waals surface area contributed by atoms with Crippen molar-refractivity contribution in [1.82, 2.24) is 5.32 Å². The molecule has 8 nitrogen and oxygen atoms in total. The van der Waals surface area contributed by atoms with Crippen molar-refractivity contribution in [1.29, 1.82) is 0 Å². The summed E-state index contributed by atoms with van der Waals surface area (Å²) in [5, 5.41) is 3.47. The van der Waals surface area contributed by atoms with E-state index in [4.69, 9.17) is 18.9 Å². The molecule has 2 heterocycles. The molecule has 1 N–H and O–H groups in total. The van der Waals surface area contributed by atoms with Crippen LogP contribution in [0, 0.1) is 13.3 Å². The number of piperidine rings is 1. The molecule has 1 fully saturated rings. The summed E-state index contributed by atoms with van der Waals surface area (Å²) in [5.41, 5.74) is 4.17. The average molecular weight is 622 g/mol. The van der Waals surface area contributed by atoms with E-state index in [0.29, 0.717) is 44.1 Å². The number of benzene rings is 3. The molecule has 0 amide bonds. The second kappa shape index (κ2) is 14.3. The molecule has 3 atom stereocenters. The number of rotatable bonds is 13. The molecule has 0 aromatic heterocycles. The van der Waals surface area contributed by atoms with Crippen molar-refractivity contribution in [3.8, 4) is 11.5 Å². The van der Waals surface area contributed by atoms with Crippen molar-refractivity contribution in [2.45, 2.75) is 61.5 Å². The fourth-order valence-electron chi connectivity index (χ4n) is 6.33. The van der Waals surface area contributed by atoms with E-state index < -0.39 is 14.7 Å². The van der Waals surface area contributed by atoms with Crippen molar-refractivity contribution < 1.29 is 27.4 Å². The highest BCUT2D eigenvalue weighted by Gasteiger charge is 2.50. The van der Waals surface area contributed by atoms with Gasteiger partial charge in [-0.2, -0.15) is 0 Å². The first-order valence-corrected chi connectivity index (χ1v) is 16.9. The lowest BCUT2D eigenvalue weighted by Gasteiger charge is -2.45. The standard InChI is InChI=1S/C35H45N2O6S/c1-5-17-35(44(38,39)30-14-7-26(2)8-15-30)23-31(28-10-12-29(41-4)13-11-28)34(24-36-35)43-25-27-9-16-33-32(22-27)37(19-21-42-33)18-6-20-40-3/h5,7-16,22,31,34,36H,6,17-21,23-25H2,1-4H3/t31-,34+,35-/m1/s1.